The van der Waals surface area contributed by atoms with E-state index in [0.717, 1.165) is 18.4 Å². The molecule has 0 unspecified atom stereocenters. The van der Waals surface area contributed by atoms with Gasteiger partial charge in [-0.05, 0) is 43.1 Å². The minimum absolute atomic E-state index is 0.550. The second kappa shape index (κ2) is 5.05. The van der Waals surface area contributed by atoms with Crippen LogP contribution in [0.5, 0.6) is 0 Å². The van der Waals surface area contributed by atoms with E-state index in [1.54, 1.807) is 0 Å². The summed E-state index contributed by atoms with van der Waals surface area (Å²) in [7, 11) is 0. The first-order chi connectivity index (χ1) is 8.42. The molecular formula is C16H20O. The molecule has 2 aliphatic rings. The van der Waals surface area contributed by atoms with Crippen molar-refractivity contribution < 1.29 is 4.74 Å². The van der Waals surface area contributed by atoms with Crippen molar-refractivity contribution in [2.45, 2.75) is 31.8 Å². The Bertz CT molecular complexity index is 382. The highest BCUT2D eigenvalue weighted by Crippen LogP contribution is 2.45. The van der Waals surface area contributed by atoms with E-state index in [-0.39, 0.29) is 0 Å². The molecule has 1 aromatic carbocycles. The number of hydrogen-bond donors (Lipinski definition) is 0. The minimum atomic E-state index is 0.550. The summed E-state index contributed by atoms with van der Waals surface area (Å²) >= 11 is 0. The Kier molecular flexibility index (Phi) is 3.28. The van der Waals surface area contributed by atoms with Crippen LogP contribution >= 0.6 is 0 Å². The van der Waals surface area contributed by atoms with Crippen LogP contribution in [0.15, 0.2) is 36.4 Å². The Morgan fingerprint density at radius 2 is 2.00 bits per heavy atom. The fourth-order valence-electron chi connectivity index (χ4n) is 3.32. The van der Waals surface area contributed by atoms with Gasteiger partial charge in [-0.2, -0.15) is 0 Å². The zero-order valence-corrected chi connectivity index (χ0v) is 10.2. The Labute approximate surface area is 103 Å². The van der Waals surface area contributed by atoms with E-state index >= 15 is 0 Å². The number of ether oxygens (including phenoxy) is 1. The van der Waals surface area contributed by atoms with Crippen molar-refractivity contribution in [2.24, 2.45) is 11.8 Å². The molecule has 0 saturated heterocycles. The average molecular weight is 228 g/mol. The van der Waals surface area contributed by atoms with Gasteiger partial charge in [0.25, 0.3) is 0 Å². The minimum Gasteiger partial charge on any atom is -0.374 e. The summed E-state index contributed by atoms with van der Waals surface area (Å²) < 4.78 is 5.97. The monoisotopic (exact) mass is 228 g/mol. The second-order valence-corrected chi connectivity index (χ2v) is 5.36. The van der Waals surface area contributed by atoms with E-state index < -0.39 is 0 Å². The normalized spacial score (nSPS) is 31.4. The van der Waals surface area contributed by atoms with Crippen molar-refractivity contribution in [3.8, 4) is 0 Å². The van der Waals surface area contributed by atoms with Crippen LogP contribution in [0, 0.1) is 11.8 Å². The maximum absolute atomic E-state index is 5.97. The van der Waals surface area contributed by atoms with Crippen molar-refractivity contribution in [3.05, 3.63) is 42.0 Å². The lowest BCUT2D eigenvalue weighted by atomic mass is 9.98. The Hall–Kier alpha value is -1.08. The summed E-state index contributed by atoms with van der Waals surface area (Å²) in [6.07, 6.45) is 10.4. The van der Waals surface area contributed by atoms with Crippen LogP contribution in [0.1, 0.15) is 31.2 Å². The van der Waals surface area contributed by atoms with Crippen molar-refractivity contribution >= 4 is 6.08 Å². The predicted octanol–water partition coefficient (Wildman–Crippen LogP) is 3.91. The largest absolute Gasteiger partial charge is 0.374 e. The van der Waals surface area contributed by atoms with Gasteiger partial charge in [0.2, 0.25) is 0 Å². The molecule has 0 spiro atoms. The van der Waals surface area contributed by atoms with Gasteiger partial charge in [-0.25, -0.2) is 0 Å². The van der Waals surface area contributed by atoms with Gasteiger partial charge in [-0.15, -0.1) is 0 Å². The molecule has 2 bridgehead atoms. The molecule has 90 valence electrons. The van der Waals surface area contributed by atoms with Crippen LogP contribution < -0.4 is 0 Å². The molecular weight excluding hydrogens is 208 g/mol. The molecule has 1 heteroatoms. The molecule has 1 nitrogen and oxygen atoms in total. The van der Waals surface area contributed by atoms with Crippen LogP contribution in [-0.4, -0.2) is 12.7 Å². The molecule has 3 atom stereocenters. The first-order valence-corrected chi connectivity index (χ1v) is 6.75. The highest BCUT2D eigenvalue weighted by atomic mass is 16.5. The van der Waals surface area contributed by atoms with Gasteiger partial charge in [0, 0.05) is 0 Å². The van der Waals surface area contributed by atoms with Gasteiger partial charge in [0.05, 0.1) is 12.7 Å². The summed E-state index contributed by atoms with van der Waals surface area (Å²) in [5.74, 6) is 1.84. The zero-order valence-electron chi connectivity index (χ0n) is 10.2. The van der Waals surface area contributed by atoms with Gasteiger partial charge < -0.3 is 4.74 Å². The molecule has 2 saturated carbocycles. The molecule has 2 aliphatic carbocycles. The van der Waals surface area contributed by atoms with Gasteiger partial charge >= 0.3 is 0 Å². The number of benzene rings is 1. The summed E-state index contributed by atoms with van der Waals surface area (Å²) in [6, 6.07) is 10.4. The fourth-order valence-corrected chi connectivity index (χ4v) is 3.32. The van der Waals surface area contributed by atoms with Gasteiger partial charge in [0.15, 0.2) is 0 Å². The van der Waals surface area contributed by atoms with Gasteiger partial charge in [-0.3, -0.25) is 0 Å². The molecule has 0 aliphatic heterocycles. The second-order valence-electron chi connectivity index (χ2n) is 5.36. The summed E-state index contributed by atoms with van der Waals surface area (Å²) in [5.41, 5.74) is 1.25. The first kappa shape index (κ1) is 11.0. The van der Waals surface area contributed by atoms with Crippen LogP contribution in [0.2, 0.25) is 0 Å². The van der Waals surface area contributed by atoms with E-state index in [4.69, 9.17) is 4.74 Å². The smallest absolute Gasteiger partial charge is 0.0654 e. The highest BCUT2D eigenvalue weighted by molar-refractivity contribution is 5.48. The third-order valence-corrected chi connectivity index (χ3v) is 4.19. The zero-order chi connectivity index (χ0) is 11.5. The summed E-state index contributed by atoms with van der Waals surface area (Å²) in [6.45, 7) is 0.767. The average Bonchev–Trinajstić information content (AvgIpc) is 2.98. The molecule has 0 heterocycles. The maximum Gasteiger partial charge on any atom is 0.0654 e. The predicted molar refractivity (Wildman–Crippen MR) is 70.7 cm³/mol. The number of rotatable bonds is 4. The van der Waals surface area contributed by atoms with E-state index in [1.807, 2.05) is 6.07 Å². The Morgan fingerprint density at radius 3 is 2.71 bits per heavy atom. The van der Waals surface area contributed by atoms with Crippen molar-refractivity contribution in [1.29, 1.82) is 0 Å². The quantitative estimate of drug-likeness (QED) is 0.759. The summed E-state index contributed by atoms with van der Waals surface area (Å²) in [5, 5.41) is 0. The highest BCUT2D eigenvalue weighted by Gasteiger charge is 2.39. The fraction of sp³-hybridized carbons (Fsp3) is 0.500. The third-order valence-electron chi connectivity index (χ3n) is 4.19. The first-order valence-electron chi connectivity index (χ1n) is 6.75. The molecule has 0 radical (unpaired) electrons. The van der Waals surface area contributed by atoms with Crippen molar-refractivity contribution in [2.75, 3.05) is 6.61 Å². The molecule has 0 amide bonds. The van der Waals surface area contributed by atoms with E-state index in [1.165, 1.54) is 31.2 Å². The van der Waals surface area contributed by atoms with Crippen LogP contribution in [0.25, 0.3) is 6.08 Å². The lowest BCUT2D eigenvalue weighted by Crippen LogP contribution is -2.20. The molecule has 1 aromatic rings. The van der Waals surface area contributed by atoms with Crippen LogP contribution in [0.4, 0.5) is 0 Å². The molecule has 2 fully saturated rings. The van der Waals surface area contributed by atoms with Crippen LogP contribution in [0.3, 0.4) is 0 Å². The number of fused-ring (bicyclic) bond motifs is 2. The third kappa shape index (κ3) is 2.61. The number of hydrogen-bond acceptors (Lipinski definition) is 1. The molecule has 0 aromatic heterocycles. The Morgan fingerprint density at radius 1 is 1.12 bits per heavy atom. The molecule has 17 heavy (non-hydrogen) atoms. The lowest BCUT2D eigenvalue weighted by molar-refractivity contribution is 0.0340. The molecule has 0 N–H and O–H groups in total. The van der Waals surface area contributed by atoms with Gasteiger partial charge in [0.1, 0.15) is 0 Å². The molecule has 3 rings (SSSR count). The van der Waals surface area contributed by atoms with E-state index in [2.05, 4.69) is 36.4 Å². The lowest BCUT2D eigenvalue weighted by Gasteiger charge is -2.21. The Balaban J connectivity index is 1.45. The van der Waals surface area contributed by atoms with Crippen LogP contribution in [-0.2, 0) is 4.74 Å². The standard InChI is InChI=1S/C16H20O/c1-2-5-13(6-3-1)7-4-10-17-16-12-14-8-9-15(16)11-14/h1-7,14-16H,8-12H2/b7-4+/t14-,15-,16+/m1/s1. The van der Waals surface area contributed by atoms with E-state index in [9.17, 15) is 0 Å². The summed E-state index contributed by atoms with van der Waals surface area (Å²) in [4.78, 5) is 0. The topological polar surface area (TPSA) is 9.23 Å². The van der Waals surface area contributed by atoms with Gasteiger partial charge in [-0.1, -0.05) is 42.5 Å². The maximum atomic E-state index is 5.97. The van der Waals surface area contributed by atoms with E-state index in [0.29, 0.717) is 6.10 Å². The SMILES string of the molecule is C(=C\c1ccccc1)/CO[C@H]1C[C@@H]2CC[C@@H]1C2. The van der Waals surface area contributed by atoms with Crippen molar-refractivity contribution in [3.63, 3.8) is 0 Å². The van der Waals surface area contributed by atoms with Crippen molar-refractivity contribution in [1.82, 2.24) is 0 Å².